The smallest absolute Gasteiger partial charge is 0.221 e. The van der Waals surface area contributed by atoms with Crippen molar-refractivity contribution in [1.82, 2.24) is 5.32 Å². The van der Waals surface area contributed by atoms with Gasteiger partial charge in [-0.1, -0.05) is 0 Å². The van der Waals surface area contributed by atoms with Crippen molar-refractivity contribution in [2.24, 2.45) is 0 Å². The van der Waals surface area contributed by atoms with E-state index in [0.717, 1.165) is 0 Å². The zero-order chi connectivity index (χ0) is 8.69. The van der Waals surface area contributed by atoms with E-state index in [0.29, 0.717) is 18.7 Å². The fraction of sp³-hybridized carbons (Fsp3) is 0.714. The van der Waals surface area contributed by atoms with Gasteiger partial charge in [0.1, 0.15) is 0 Å². The van der Waals surface area contributed by atoms with Crippen molar-refractivity contribution in [3.63, 3.8) is 0 Å². The quantitative estimate of drug-likeness (QED) is 0.648. The number of carbonyl (C=O) groups is 1. The van der Waals surface area contributed by atoms with Crippen LogP contribution in [0, 0.1) is 11.3 Å². The van der Waals surface area contributed by atoms with Gasteiger partial charge in [-0.05, 0) is 6.92 Å². The average Bonchev–Trinajstić information content (AvgIpc) is 1.87. The highest BCUT2D eigenvalue weighted by Crippen LogP contribution is 1.90. The standard InChI is InChI=1S/C7H11ClN2O/c1-6(3-5-9)10-7(11)2-4-8/h6H,2-4H2,1H3,(H,10,11). The fourth-order valence-electron chi connectivity index (χ4n) is 0.621. The minimum Gasteiger partial charge on any atom is -0.353 e. The van der Waals surface area contributed by atoms with E-state index in [-0.39, 0.29) is 11.9 Å². The topological polar surface area (TPSA) is 52.9 Å². The Bertz CT molecular complexity index is 164. The first-order valence-corrected chi connectivity index (χ1v) is 3.96. The van der Waals surface area contributed by atoms with Gasteiger partial charge in [-0.25, -0.2) is 0 Å². The Morgan fingerprint density at radius 2 is 2.45 bits per heavy atom. The lowest BCUT2D eigenvalue weighted by molar-refractivity contribution is -0.121. The third-order valence-corrected chi connectivity index (χ3v) is 1.32. The van der Waals surface area contributed by atoms with Crippen molar-refractivity contribution < 1.29 is 4.79 Å². The molecule has 0 saturated heterocycles. The zero-order valence-electron chi connectivity index (χ0n) is 6.43. The van der Waals surface area contributed by atoms with Gasteiger partial charge in [0.15, 0.2) is 0 Å². The van der Waals surface area contributed by atoms with Crippen molar-refractivity contribution in [1.29, 1.82) is 5.26 Å². The molecule has 0 saturated carbocycles. The lowest BCUT2D eigenvalue weighted by Gasteiger charge is -2.08. The molecule has 11 heavy (non-hydrogen) atoms. The molecule has 0 spiro atoms. The van der Waals surface area contributed by atoms with Gasteiger partial charge in [0, 0.05) is 18.3 Å². The summed E-state index contributed by atoms with van der Waals surface area (Å²) in [6.07, 6.45) is 0.658. The van der Waals surface area contributed by atoms with Crippen LogP contribution in [0.3, 0.4) is 0 Å². The van der Waals surface area contributed by atoms with Gasteiger partial charge in [-0.3, -0.25) is 4.79 Å². The van der Waals surface area contributed by atoms with Crippen LogP contribution in [-0.2, 0) is 4.79 Å². The SMILES string of the molecule is CC(CC#N)NC(=O)CCCl. The number of rotatable bonds is 4. The third kappa shape index (κ3) is 5.68. The molecule has 0 bridgehead atoms. The normalized spacial score (nSPS) is 11.7. The number of alkyl halides is 1. The number of nitrogens with zero attached hydrogens (tertiary/aromatic N) is 1. The number of hydrogen-bond donors (Lipinski definition) is 1. The van der Waals surface area contributed by atoms with Gasteiger partial charge in [-0.15, -0.1) is 11.6 Å². The molecule has 0 aliphatic heterocycles. The van der Waals surface area contributed by atoms with E-state index in [2.05, 4.69) is 5.32 Å². The van der Waals surface area contributed by atoms with Crippen LogP contribution in [0.25, 0.3) is 0 Å². The molecule has 0 rings (SSSR count). The molecule has 0 aliphatic rings. The molecule has 1 N–H and O–H groups in total. The number of carbonyl (C=O) groups excluding carboxylic acids is 1. The summed E-state index contributed by atoms with van der Waals surface area (Å²) in [6.45, 7) is 1.79. The Morgan fingerprint density at radius 1 is 1.82 bits per heavy atom. The maximum Gasteiger partial charge on any atom is 0.221 e. The molecule has 0 aromatic rings. The Kier molecular flexibility index (Phi) is 5.58. The van der Waals surface area contributed by atoms with Crippen LogP contribution in [0.1, 0.15) is 19.8 Å². The van der Waals surface area contributed by atoms with E-state index < -0.39 is 0 Å². The van der Waals surface area contributed by atoms with E-state index in [1.807, 2.05) is 6.07 Å². The summed E-state index contributed by atoms with van der Waals surface area (Å²) in [5, 5.41) is 10.9. The largest absolute Gasteiger partial charge is 0.353 e. The van der Waals surface area contributed by atoms with Crippen LogP contribution in [0.5, 0.6) is 0 Å². The summed E-state index contributed by atoms with van der Waals surface area (Å²) in [6, 6.07) is 1.89. The minimum absolute atomic E-state index is 0.0734. The summed E-state index contributed by atoms with van der Waals surface area (Å²) in [5.74, 6) is 0.230. The molecule has 1 atom stereocenters. The molecule has 62 valence electrons. The predicted molar refractivity (Wildman–Crippen MR) is 43.2 cm³/mol. The highest BCUT2D eigenvalue weighted by molar-refractivity contribution is 6.18. The van der Waals surface area contributed by atoms with E-state index in [9.17, 15) is 4.79 Å². The van der Waals surface area contributed by atoms with Crippen molar-refractivity contribution in [2.75, 3.05) is 5.88 Å². The van der Waals surface area contributed by atoms with Gasteiger partial charge in [-0.2, -0.15) is 5.26 Å². The number of hydrogen-bond acceptors (Lipinski definition) is 2. The number of nitriles is 1. The van der Waals surface area contributed by atoms with Crippen molar-refractivity contribution in [3.05, 3.63) is 0 Å². The van der Waals surface area contributed by atoms with Crippen molar-refractivity contribution >= 4 is 17.5 Å². The maximum atomic E-state index is 10.8. The lowest BCUT2D eigenvalue weighted by Crippen LogP contribution is -2.32. The Balaban J connectivity index is 3.50. The van der Waals surface area contributed by atoms with Crippen LogP contribution in [-0.4, -0.2) is 17.8 Å². The number of amides is 1. The first-order chi connectivity index (χ1) is 5.20. The first kappa shape index (κ1) is 10.2. The second-order valence-electron chi connectivity index (χ2n) is 2.27. The molecule has 0 aliphatic carbocycles. The van der Waals surface area contributed by atoms with Crippen molar-refractivity contribution in [3.8, 4) is 6.07 Å². The molecule has 0 fully saturated rings. The minimum atomic E-state index is -0.0947. The van der Waals surface area contributed by atoms with E-state index in [4.69, 9.17) is 16.9 Å². The molecule has 0 radical (unpaired) electrons. The summed E-state index contributed by atoms with van der Waals surface area (Å²) in [5.41, 5.74) is 0. The second kappa shape index (κ2) is 5.99. The zero-order valence-corrected chi connectivity index (χ0v) is 7.19. The van der Waals surface area contributed by atoms with Gasteiger partial charge in [0.05, 0.1) is 12.5 Å². The Labute approximate surface area is 71.3 Å². The van der Waals surface area contributed by atoms with Crippen LogP contribution < -0.4 is 5.32 Å². The lowest BCUT2D eigenvalue weighted by atomic mass is 10.2. The third-order valence-electron chi connectivity index (χ3n) is 1.13. The monoisotopic (exact) mass is 174 g/mol. The van der Waals surface area contributed by atoms with Crippen molar-refractivity contribution in [2.45, 2.75) is 25.8 Å². The van der Waals surface area contributed by atoms with E-state index in [1.165, 1.54) is 0 Å². The molecule has 1 amide bonds. The summed E-state index contributed by atoms with van der Waals surface area (Å²) in [7, 11) is 0. The highest BCUT2D eigenvalue weighted by Gasteiger charge is 2.04. The molecular weight excluding hydrogens is 164 g/mol. The van der Waals surface area contributed by atoms with Gasteiger partial charge in [0.25, 0.3) is 0 Å². The Hall–Kier alpha value is -0.750. The molecule has 1 unspecified atom stereocenters. The van der Waals surface area contributed by atoms with Gasteiger partial charge in [0.2, 0.25) is 5.91 Å². The fourth-order valence-corrected chi connectivity index (χ4v) is 0.792. The molecule has 3 nitrogen and oxygen atoms in total. The Morgan fingerprint density at radius 3 is 2.91 bits per heavy atom. The van der Waals surface area contributed by atoms with Crippen LogP contribution in [0.2, 0.25) is 0 Å². The second-order valence-corrected chi connectivity index (χ2v) is 2.65. The number of nitrogens with one attached hydrogen (secondary N) is 1. The summed E-state index contributed by atoms with van der Waals surface area (Å²) >= 11 is 5.33. The molecule has 4 heteroatoms. The maximum absolute atomic E-state index is 10.8. The number of halogens is 1. The van der Waals surface area contributed by atoms with E-state index >= 15 is 0 Å². The molecule has 0 aromatic carbocycles. The van der Waals surface area contributed by atoms with Crippen LogP contribution in [0.4, 0.5) is 0 Å². The van der Waals surface area contributed by atoms with E-state index in [1.54, 1.807) is 6.92 Å². The predicted octanol–water partition coefficient (Wildman–Crippen LogP) is 1.03. The van der Waals surface area contributed by atoms with Gasteiger partial charge >= 0.3 is 0 Å². The average molecular weight is 175 g/mol. The van der Waals surface area contributed by atoms with Crippen LogP contribution >= 0.6 is 11.6 Å². The van der Waals surface area contributed by atoms with Crippen LogP contribution in [0.15, 0.2) is 0 Å². The summed E-state index contributed by atoms with van der Waals surface area (Å²) < 4.78 is 0. The molecule has 0 heterocycles. The first-order valence-electron chi connectivity index (χ1n) is 3.43. The molecule has 0 aromatic heterocycles. The summed E-state index contributed by atoms with van der Waals surface area (Å²) in [4.78, 5) is 10.8. The molecular formula is C7H11ClN2O. The highest BCUT2D eigenvalue weighted by atomic mass is 35.5. The van der Waals surface area contributed by atoms with Gasteiger partial charge < -0.3 is 5.32 Å².